The molecule has 2 fully saturated rings. The van der Waals surface area contributed by atoms with Crippen molar-refractivity contribution in [1.29, 1.82) is 0 Å². The van der Waals surface area contributed by atoms with Crippen LogP contribution in [0, 0.1) is 5.41 Å². The van der Waals surface area contributed by atoms with Gasteiger partial charge in [0.1, 0.15) is 6.04 Å². The minimum Gasteiger partial charge on any atom is -0.347 e. The van der Waals surface area contributed by atoms with Gasteiger partial charge in [-0.3, -0.25) is 9.59 Å². The molecule has 5 nitrogen and oxygen atoms in total. The number of amides is 2. The summed E-state index contributed by atoms with van der Waals surface area (Å²) in [5.74, 6) is 0.0359. The van der Waals surface area contributed by atoms with E-state index in [2.05, 4.69) is 55.3 Å². The van der Waals surface area contributed by atoms with E-state index in [9.17, 15) is 9.59 Å². The van der Waals surface area contributed by atoms with Crippen LogP contribution in [0.3, 0.4) is 0 Å². The Morgan fingerprint density at radius 1 is 1.06 bits per heavy atom. The second-order valence-corrected chi connectivity index (χ2v) is 11.8. The van der Waals surface area contributed by atoms with Crippen LogP contribution < -0.4 is 5.32 Å². The summed E-state index contributed by atoms with van der Waals surface area (Å²) in [6, 6.07) is 8.53. The first-order valence-corrected chi connectivity index (χ1v) is 13.1. The van der Waals surface area contributed by atoms with Crippen LogP contribution >= 0.6 is 0 Å². The van der Waals surface area contributed by atoms with Gasteiger partial charge in [0.05, 0.1) is 6.04 Å². The van der Waals surface area contributed by atoms with Gasteiger partial charge in [0.25, 0.3) is 0 Å². The fraction of sp³-hybridized carbons (Fsp3) is 0.714. The van der Waals surface area contributed by atoms with Crippen LogP contribution in [0.4, 0.5) is 0 Å². The molecule has 1 spiro atoms. The maximum absolute atomic E-state index is 13.2. The summed E-state index contributed by atoms with van der Waals surface area (Å²) in [5, 5.41) is 3.35. The van der Waals surface area contributed by atoms with Crippen molar-refractivity contribution < 1.29 is 11.0 Å². The molecule has 1 aromatic carbocycles. The average molecular weight is 456 g/mol. The minimum absolute atomic E-state index is 0. The van der Waals surface area contributed by atoms with Crippen LogP contribution in [0.5, 0.6) is 0 Å². The van der Waals surface area contributed by atoms with E-state index in [4.69, 9.17) is 0 Å². The van der Waals surface area contributed by atoms with Gasteiger partial charge in [-0.1, -0.05) is 45.0 Å². The van der Waals surface area contributed by atoms with Gasteiger partial charge in [-0.05, 0) is 93.0 Å². The van der Waals surface area contributed by atoms with Crippen molar-refractivity contribution in [3.05, 3.63) is 35.4 Å². The SMILES string of the molecule is CC(=O)N1CCCCC1C(=O)N[C@H]1CCC2(CCN(CCC(C)(C)C)CC2)c2ccccc21.[HH]. The van der Waals surface area contributed by atoms with Gasteiger partial charge < -0.3 is 15.1 Å². The number of benzene rings is 1. The summed E-state index contributed by atoms with van der Waals surface area (Å²) < 4.78 is 0. The number of fused-ring (bicyclic) bond motifs is 2. The fourth-order valence-electron chi connectivity index (χ4n) is 6.21. The van der Waals surface area contributed by atoms with Crippen LogP contribution in [0.25, 0.3) is 0 Å². The van der Waals surface area contributed by atoms with Crippen molar-refractivity contribution in [3.8, 4) is 0 Å². The molecule has 0 aromatic heterocycles. The monoisotopic (exact) mass is 455 g/mol. The zero-order chi connectivity index (χ0) is 23.6. The Balaban J connectivity index is 0.00000324. The van der Waals surface area contributed by atoms with E-state index >= 15 is 0 Å². The largest absolute Gasteiger partial charge is 0.347 e. The molecule has 2 saturated heterocycles. The van der Waals surface area contributed by atoms with Crippen molar-refractivity contribution in [2.24, 2.45) is 5.41 Å². The number of rotatable bonds is 4. The smallest absolute Gasteiger partial charge is 0.243 e. The molecule has 2 amide bonds. The highest BCUT2D eigenvalue weighted by molar-refractivity contribution is 5.87. The zero-order valence-electron chi connectivity index (χ0n) is 21.2. The molecule has 5 heteroatoms. The normalized spacial score (nSPS) is 25.5. The highest BCUT2D eigenvalue weighted by atomic mass is 16.2. The van der Waals surface area contributed by atoms with E-state index < -0.39 is 0 Å². The van der Waals surface area contributed by atoms with Crippen LogP contribution in [0.15, 0.2) is 24.3 Å². The third-order valence-corrected chi connectivity index (χ3v) is 8.34. The van der Waals surface area contributed by atoms with Crippen molar-refractivity contribution in [3.63, 3.8) is 0 Å². The summed E-state index contributed by atoms with van der Waals surface area (Å²) in [6.07, 6.45) is 8.53. The van der Waals surface area contributed by atoms with Crippen LogP contribution in [0.1, 0.15) is 97.7 Å². The van der Waals surface area contributed by atoms with Gasteiger partial charge in [-0.25, -0.2) is 0 Å². The molecule has 2 heterocycles. The first-order chi connectivity index (χ1) is 15.7. The van der Waals surface area contributed by atoms with Crippen molar-refractivity contribution in [2.75, 3.05) is 26.2 Å². The molecule has 3 aliphatic rings. The van der Waals surface area contributed by atoms with Crippen molar-refractivity contribution in [1.82, 2.24) is 15.1 Å². The Morgan fingerprint density at radius 2 is 1.79 bits per heavy atom. The molecule has 33 heavy (non-hydrogen) atoms. The quantitative estimate of drug-likeness (QED) is 0.691. The van der Waals surface area contributed by atoms with Crippen LogP contribution in [0.2, 0.25) is 0 Å². The molecular formula is C28H45N3O2. The van der Waals surface area contributed by atoms with Crippen LogP contribution in [-0.4, -0.2) is 53.8 Å². The van der Waals surface area contributed by atoms with Gasteiger partial charge in [0, 0.05) is 14.9 Å². The number of nitrogens with one attached hydrogen (secondary N) is 1. The van der Waals surface area contributed by atoms with Gasteiger partial charge >= 0.3 is 0 Å². The lowest BCUT2D eigenvalue weighted by Crippen LogP contribution is -2.53. The lowest BCUT2D eigenvalue weighted by molar-refractivity contribution is -0.141. The summed E-state index contributed by atoms with van der Waals surface area (Å²) in [4.78, 5) is 29.7. The highest BCUT2D eigenvalue weighted by Crippen LogP contribution is 2.48. The maximum Gasteiger partial charge on any atom is 0.243 e. The second-order valence-electron chi connectivity index (χ2n) is 11.8. The summed E-state index contributed by atoms with van der Waals surface area (Å²) >= 11 is 0. The van der Waals surface area contributed by atoms with Crippen molar-refractivity contribution in [2.45, 2.75) is 96.6 Å². The summed E-state index contributed by atoms with van der Waals surface area (Å²) in [7, 11) is 0. The molecule has 0 saturated carbocycles. The number of carbonyl (C=O) groups excluding carboxylic acids is 2. The van der Waals surface area contributed by atoms with E-state index in [1.165, 1.54) is 36.9 Å². The molecule has 4 rings (SSSR count). The predicted octanol–water partition coefficient (Wildman–Crippen LogP) is 5.05. The van der Waals surface area contributed by atoms with E-state index in [-0.39, 0.29) is 30.7 Å². The Kier molecular flexibility index (Phi) is 7.18. The summed E-state index contributed by atoms with van der Waals surface area (Å²) in [5.41, 5.74) is 3.37. The molecule has 2 atom stereocenters. The Bertz CT molecular complexity index is 857. The molecule has 0 radical (unpaired) electrons. The second kappa shape index (κ2) is 9.77. The van der Waals surface area contributed by atoms with Gasteiger partial charge in [-0.15, -0.1) is 0 Å². The first-order valence-electron chi connectivity index (χ1n) is 13.1. The topological polar surface area (TPSA) is 52.7 Å². The third-order valence-electron chi connectivity index (χ3n) is 8.34. The maximum atomic E-state index is 13.2. The van der Waals surface area contributed by atoms with Gasteiger partial charge in [-0.2, -0.15) is 0 Å². The molecular weight excluding hydrogens is 410 g/mol. The lowest BCUT2D eigenvalue weighted by atomic mass is 9.63. The van der Waals surface area contributed by atoms with Gasteiger partial charge in [0.15, 0.2) is 0 Å². The fourth-order valence-corrected chi connectivity index (χ4v) is 6.21. The minimum atomic E-state index is -0.314. The Morgan fingerprint density at radius 3 is 2.48 bits per heavy atom. The molecule has 0 bridgehead atoms. The van der Waals surface area contributed by atoms with Crippen molar-refractivity contribution >= 4 is 11.8 Å². The zero-order valence-corrected chi connectivity index (χ0v) is 21.2. The Hall–Kier alpha value is -1.88. The molecule has 1 aliphatic carbocycles. The lowest BCUT2D eigenvalue weighted by Gasteiger charge is -2.48. The van der Waals surface area contributed by atoms with E-state index in [1.54, 1.807) is 11.8 Å². The van der Waals surface area contributed by atoms with E-state index in [0.717, 1.165) is 45.2 Å². The molecule has 184 valence electrons. The number of hydrogen-bond donors (Lipinski definition) is 1. The van der Waals surface area contributed by atoms with Gasteiger partial charge in [0.2, 0.25) is 11.8 Å². The number of piperidine rings is 2. The Labute approximate surface area is 201 Å². The third kappa shape index (κ3) is 5.45. The number of hydrogen-bond acceptors (Lipinski definition) is 3. The predicted molar refractivity (Wildman–Crippen MR) is 135 cm³/mol. The number of likely N-dealkylation sites (tertiary alicyclic amines) is 2. The highest BCUT2D eigenvalue weighted by Gasteiger charge is 2.43. The van der Waals surface area contributed by atoms with Crippen LogP contribution in [-0.2, 0) is 15.0 Å². The first kappa shape index (κ1) is 24.3. The summed E-state index contributed by atoms with van der Waals surface area (Å²) in [6.45, 7) is 12.8. The number of nitrogens with zero attached hydrogens (tertiary/aromatic N) is 2. The number of carbonyl (C=O) groups is 2. The molecule has 1 unspecified atom stereocenters. The molecule has 1 aromatic rings. The van der Waals surface area contributed by atoms with E-state index in [0.29, 0.717) is 12.0 Å². The average Bonchev–Trinajstić information content (AvgIpc) is 2.80. The molecule has 1 N–H and O–H groups in total. The standard InChI is InChI=1S/C28H43N3O2.H2/c1-21(32)31-17-8-7-11-25(31)26(33)29-24-12-13-28(23-10-6-5-9-22(23)24)15-19-30(20-16-28)18-14-27(2,3)4;/h5-6,9-10,24-25H,7-8,11-20H2,1-4H3,(H,29,33);1H/t24-,25?;/m0./s1. The van der Waals surface area contributed by atoms with E-state index in [1.807, 2.05) is 0 Å². The molecule has 2 aliphatic heterocycles.